The molecule has 1 aromatic heterocycles. The van der Waals surface area contributed by atoms with Gasteiger partial charge in [0.05, 0.1) is 12.3 Å². The molecule has 0 N–H and O–H groups in total. The van der Waals surface area contributed by atoms with Crippen LogP contribution in [0.5, 0.6) is 0 Å². The van der Waals surface area contributed by atoms with Crippen molar-refractivity contribution in [2.75, 3.05) is 6.61 Å². The first-order valence-corrected chi connectivity index (χ1v) is 5.62. The zero-order valence-corrected chi connectivity index (χ0v) is 10.6. The van der Waals surface area contributed by atoms with E-state index in [0.29, 0.717) is 24.4 Å². The molecule has 0 saturated heterocycles. The Labute approximate surface area is 99.9 Å². The van der Waals surface area contributed by atoms with E-state index in [1.54, 1.807) is 13.8 Å². The Morgan fingerprint density at radius 3 is 2.47 bits per heavy atom. The molecule has 0 radical (unpaired) electrons. The SMILES string of the molecule is CCOC(=O)C(CC)n1nnc(C(C)=O)c1C. The molecule has 6 nitrogen and oxygen atoms in total. The lowest BCUT2D eigenvalue weighted by Gasteiger charge is -2.14. The van der Waals surface area contributed by atoms with Crippen LogP contribution in [0.3, 0.4) is 0 Å². The summed E-state index contributed by atoms with van der Waals surface area (Å²) in [7, 11) is 0. The monoisotopic (exact) mass is 239 g/mol. The smallest absolute Gasteiger partial charge is 0.330 e. The van der Waals surface area contributed by atoms with Crippen molar-refractivity contribution in [3.63, 3.8) is 0 Å². The van der Waals surface area contributed by atoms with Gasteiger partial charge in [-0.1, -0.05) is 12.1 Å². The van der Waals surface area contributed by atoms with Gasteiger partial charge in [0.25, 0.3) is 0 Å². The van der Waals surface area contributed by atoms with Gasteiger partial charge in [-0.15, -0.1) is 5.10 Å². The second-order valence-electron chi connectivity index (χ2n) is 3.70. The fraction of sp³-hybridized carbons (Fsp3) is 0.636. The second-order valence-corrected chi connectivity index (χ2v) is 3.70. The van der Waals surface area contributed by atoms with Crippen molar-refractivity contribution in [1.82, 2.24) is 15.0 Å². The molecule has 94 valence electrons. The molecule has 17 heavy (non-hydrogen) atoms. The first kappa shape index (κ1) is 13.3. The largest absolute Gasteiger partial charge is 0.464 e. The zero-order chi connectivity index (χ0) is 13.0. The van der Waals surface area contributed by atoms with Gasteiger partial charge >= 0.3 is 5.97 Å². The van der Waals surface area contributed by atoms with Gasteiger partial charge in [0.15, 0.2) is 17.5 Å². The van der Waals surface area contributed by atoms with E-state index < -0.39 is 6.04 Å². The lowest BCUT2D eigenvalue weighted by molar-refractivity contribution is -0.147. The molecule has 0 fully saturated rings. The number of aromatic nitrogens is 3. The number of nitrogens with zero attached hydrogens (tertiary/aromatic N) is 3. The van der Waals surface area contributed by atoms with E-state index >= 15 is 0 Å². The summed E-state index contributed by atoms with van der Waals surface area (Å²) in [5.74, 6) is -0.509. The van der Waals surface area contributed by atoms with Crippen molar-refractivity contribution in [2.24, 2.45) is 0 Å². The third kappa shape index (κ3) is 2.69. The predicted octanol–water partition coefficient (Wildman–Crippen LogP) is 1.30. The predicted molar refractivity (Wildman–Crippen MR) is 60.7 cm³/mol. The highest BCUT2D eigenvalue weighted by Gasteiger charge is 2.25. The van der Waals surface area contributed by atoms with Crippen molar-refractivity contribution in [3.05, 3.63) is 11.4 Å². The topological polar surface area (TPSA) is 74.1 Å². The standard InChI is InChI=1S/C11H17N3O3/c1-5-9(11(16)17-6-2)14-7(3)10(8(4)15)12-13-14/h9H,5-6H2,1-4H3. The van der Waals surface area contributed by atoms with Crippen LogP contribution in [0.1, 0.15) is 49.4 Å². The molecule has 0 aromatic carbocycles. The van der Waals surface area contributed by atoms with E-state index in [-0.39, 0.29) is 11.8 Å². The highest BCUT2D eigenvalue weighted by Crippen LogP contribution is 2.16. The average molecular weight is 239 g/mol. The molecule has 1 heterocycles. The van der Waals surface area contributed by atoms with Crippen LogP contribution in [0, 0.1) is 6.92 Å². The van der Waals surface area contributed by atoms with Gasteiger partial charge in [0, 0.05) is 6.92 Å². The van der Waals surface area contributed by atoms with E-state index in [1.807, 2.05) is 6.92 Å². The summed E-state index contributed by atoms with van der Waals surface area (Å²) in [6.45, 7) is 7.07. The van der Waals surface area contributed by atoms with Crippen LogP contribution in [-0.2, 0) is 9.53 Å². The van der Waals surface area contributed by atoms with Crippen LogP contribution in [0.4, 0.5) is 0 Å². The third-order valence-corrected chi connectivity index (χ3v) is 2.50. The average Bonchev–Trinajstić information content (AvgIpc) is 2.62. The Morgan fingerprint density at radius 1 is 1.41 bits per heavy atom. The molecule has 0 bridgehead atoms. The van der Waals surface area contributed by atoms with Crippen LogP contribution in [0.2, 0.25) is 0 Å². The number of rotatable bonds is 5. The third-order valence-electron chi connectivity index (χ3n) is 2.50. The van der Waals surface area contributed by atoms with Gasteiger partial charge in [-0.05, 0) is 20.3 Å². The summed E-state index contributed by atoms with van der Waals surface area (Å²) in [6, 6.07) is -0.518. The number of carbonyl (C=O) groups excluding carboxylic acids is 2. The molecular formula is C11H17N3O3. The zero-order valence-electron chi connectivity index (χ0n) is 10.6. The molecular weight excluding hydrogens is 222 g/mol. The van der Waals surface area contributed by atoms with Gasteiger partial charge in [-0.3, -0.25) is 4.79 Å². The van der Waals surface area contributed by atoms with Crippen LogP contribution in [-0.4, -0.2) is 33.4 Å². The molecule has 1 atom stereocenters. The molecule has 0 aliphatic rings. The number of hydrogen-bond acceptors (Lipinski definition) is 5. The Morgan fingerprint density at radius 2 is 2.06 bits per heavy atom. The molecule has 1 unspecified atom stereocenters. The van der Waals surface area contributed by atoms with Crippen LogP contribution in [0.15, 0.2) is 0 Å². The van der Waals surface area contributed by atoms with E-state index in [1.165, 1.54) is 11.6 Å². The number of esters is 1. The number of ether oxygens (including phenoxy) is 1. The Bertz CT molecular complexity index is 426. The molecule has 0 saturated carbocycles. The molecule has 0 aliphatic carbocycles. The first-order chi connectivity index (χ1) is 8.02. The normalized spacial score (nSPS) is 12.2. The van der Waals surface area contributed by atoms with Crippen LogP contribution in [0.25, 0.3) is 0 Å². The van der Waals surface area contributed by atoms with Crippen molar-refractivity contribution >= 4 is 11.8 Å². The maximum Gasteiger partial charge on any atom is 0.330 e. The minimum absolute atomic E-state index is 0.160. The highest BCUT2D eigenvalue weighted by molar-refractivity contribution is 5.93. The maximum atomic E-state index is 11.7. The number of ketones is 1. The minimum Gasteiger partial charge on any atom is -0.464 e. The fourth-order valence-corrected chi connectivity index (χ4v) is 1.64. The van der Waals surface area contributed by atoms with E-state index in [9.17, 15) is 9.59 Å². The summed E-state index contributed by atoms with van der Waals surface area (Å²) in [5, 5.41) is 7.64. The molecule has 6 heteroatoms. The summed E-state index contributed by atoms with van der Waals surface area (Å²) in [6.07, 6.45) is 0.542. The molecule has 0 aliphatic heterocycles. The van der Waals surface area contributed by atoms with Crippen LogP contribution >= 0.6 is 0 Å². The Kier molecular flexibility index (Phi) is 4.37. The summed E-state index contributed by atoms with van der Waals surface area (Å²) in [5.41, 5.74) is 0.894. The fourth-order valence-electron chi connectivity index (χ4n) is 1.64. The molecule has 0 spiro atoms. The van der Waals surface area contributed by atoms with Crippen LogP contribution < -0.4 is 0 Å². The van der Waals surface area contributed by atoms with Gasteiger partial charge in [-0.25, -0.2) is 9.48 Å². The van der Waals surface area contributed by atoms with Crippen molar-refractivity contribution in [1.29, 1.82) is 0 Å². The van der Waals surface area contributed by atoms with Gasteiger partial charge in [0.1, 0.15) is 0 Å². The van der Waals surface area contributed by atoms with Crippen molar-refractivity contribution in [3.8, 4) is 0 Å². The van der Waals surface area contributed by atoms with Crippen molar-refractivity contribution < 1.29 is 14.3 Å². The lowest BCUT2D eigenvalue weighted by Crippen LogP contribution is -2.23. The van der Waals surface area contributed by atoms with E-state index in [4.69, 9.17) is 4.74 Å². The minimum atomic E-state index is -0.518. The number of Topliss-reactive ketones (excluding diaryl/α,β-unsaturated/α-hetero) is 1. The van der Waals surface area contributed by atoms with Gasteiger partial charge in [-0.2, -0.15) is 0 Å². The van der Waals surface area contributed by atoms with Gasteiger partial charge < -0.3 is 4.74 Å². The number of carbonyl (C=O) groups is 2. The summed E-state index contributed by atoms with van der Waals surface area (Å²) in [4.78, 5) is 23.0. The van der Waals surface area contributed by atoms with E-state index in [2.05, 4.69) is 10.3 Å². The second kappa shape index (κ2) is 5.56. The number of hydrogen-bond donors (Lipinski definition) is 0. The Balaban J connectivity index is 3.05. The first-order valence-electron chi connectivity index (χ1n) is 5.62. The maximum absolute atomic E-state index is 11.7. The molecule has 1 rings (SSSR count). The molecule has 0 amide bonds. The van der Waals surface area contributed by atoms with Gasteiger partial charge in [0.2, 0.25) is 0 Å². The highest BCUT2D eigenvalue weighted by atomic mass is 16.5. The quantitative estimate of drug-likeness (QED) is 0.572. The lowest BCUT2D eigenvalue weighted by atomic mass is 10.2. The van der Waals surface area contributed by atoms with E-state index in [0.717, 1.165) is 0 Å². The Hall–Kier alpha value is -1.72. The molecule has 1 aromatic rings. The van der Waals surface area contributed by atoms with Crippen molar-refractivity contribution in [2.45, 2.75) is 40.2 Å². The summed E-state index contributed by atoms with van der Waals surface area (Å²) >= 11 is 0. The summed E-state index contributed by atoms with van der Waals surface area (Å²) < 4.78 is 6.41.